The third-order valence-corrected chi connectivity index (χ3v) is 6.15. The van der Waals surface area contributed by atoms with Gasteiger partial charge in [0.1, 0.15) is 29.4 Å². The molecular formula is C22H20ClFN6O. The predicted molar refractivity (Wildman–Crippen MR) is 119 cm³/mol. The largest absolute Gasteiger partial charge is 0.389 e. The molecule has 158 valence electrons. The summed E-state index contributed by atoms with van der Waals surface area (Å²) in [6.45, 7) is 0. The normalized spacial score (nSPS) is 18.7. The quantitative estimate of drug-likeness (QED) is 0.417. The van der Waals surface area contributed by atoms with Crippen molar-refractivity contribution in [1.82, 2.24) is 19.5 Å². The van der Waals surface area contributed by atoms with Crippen LogP contribution in [0.25, 0.3) is 21.9 Å². The molecule has 2 atom stereocenters. The Morgan fingerprint density at radius 3 is 2.84 bits per heavy atom. The van der Waals surface area contributed by atoms with E-state index in [2.05, 4.69) is 15.0 Å². The Bertz CT molecular complexity index is 1350. The molecule has 9 heteroatoms. The highest BCUT2D eigenvalue weighted by molar-refractivity contribution is 6.33. The maximum atomic E-state index is 14.6. The van der Waals surface area contributed by atoms with Crippen LogP contribution in [0, 0.1) is 5.82 Å². The minimum absolute atomic E-state index is 0.0538. The summed E-state index contributed by atoms with van der Waals surface area (Å²) >= 11 is 5.98. The van der Waals surface area contributed by atoms with E-state index in [-0.39, 0.29) is 17.7 Å². The van der Waals surface area contributed by atoms with Crippen LogP contribution in [0.1, 0.15) is 24.4 Å². The molecule has 0 spiro atoms. The zero-order valence-electron chi connectivity index (χ0n) is 16.5. The maximum absolute atomic E-state index is 14.6. The lowest BCUT2D eigenvalue weighted by atomic mass is 10.0. The topological polar surface area (TPSA) is 116 Å². The maximum Gasteiger partial charge on any atom is 0.146 e. The SMILES string of the molecule is Nc1nc2cc(CCC3=C[C@@H](n4ccc5c(N)ncnc54)C[C@@H]3O)c(F)cc2cc1Cl. The van der Waals surface area contributed by atoms with E-state index in [9.17, 15) is 9.50 Å². The van der Waals surface area contributed by atoms with Crippen molar-refractivity contribution in [3.8, 4) is 0 Å². The molecule has 0 saturated carbocycles. The van der Waals surface area contributed by atoms with Gasteiger partial charge in [0, 0.05) is 18.0 Å². The molecule has 4 aromatic rings. The van der Waals surface area contributed by atoms with E-state index in [4.69, 9.17) is 23.1 Å². The fourth-order valence-corrected chi connectivity index (χ4v) is 4.37. The van der Waals surface area contributed by atoms with E-state index >= 15 is 0 Å². The summed E-state index contributed by atoms with van der Waals surface area (Å²) in [6.07, 6.45) is 6.25. The molecule has 5 rings (SSSR count). The first kappa shape index (κ1) is 19.7. The molecule has 7 nitrogen and oxygen atoms in total. The number of hydrogen-bond donors (Lipinski definition) is 3. The van der Waals surface area contributed by atoms with E-state index in [0.717, 1.165) is 16.6 Å². The van der Waals surface area contributed by atoms with Gasteiger partial charge in [-0.05, 0) is 48.2 Å². The van der Waals surface area contributed by atoms with E-state index in [1.165, 1.54) is 12.4 Å². The summed E-state index contributed by atoms with van der Waals surface area (Å²) in [5.41, 5.74) is 14.4. The lowest BCUT2D eigenvalue weighted by Gasteiger charge is -2.12. The third-order valence-electron chi connectivity index (χ3n) is 5.84. The van der Waals surface area contributed by atoms with Crippen LogP contribution in [-0.2, 0) is 6.42 Å². The predicted octanol–water partition coefficient (Wildman–Crippen LogP) is 3.80. The molecule has 31 heavy (non-hydrogen) atoms. The second-order valence-corrected chi connectivity index (χ2v) is 8.18. The van der Waals surface area contributed by atoms with Crippen LogP contribution in [0.4, 0.5) is 16.0 Å². The number of aryl methyl sites for hydroxylation is 1. The molecule has 3 heterocycles. The molecular weight excluding hydrogens is 419 g/mol. The van der Waals surface area contributed by atoms with Crippen molar-refractivity contribution in [3.05, 3.63) is 64.8 Å². The highest BCUT2D eigenvalue weighted by Gasteiger charge is 2.27. The number of nitrogens with zero attached hydrogens (tertiary/aromatic N) is 4. The molecule has 3 aromatic heterocycles. The molecule has 5 N–H and O–H groups in total. The first-order valence-electron chi connectivity index (χ1n) is 9.90. The number of halogens is 2. The van der Waals surface area contributed by atoms with Crippen molar-refractivity contribution in [1.29, 1.82) is 0 Å². The van der Waals surface area contributed by atoms with Gasteiger partial charge in [0.15, 0.2) is 0 Å². The number of allylic oxidation sites excluding steroid dienone is 1. The molecule has 0 fully saturated rings. The fourth-order valence-electron chi connectivity index (χ4n) is 4.21. The average molecular weight is 439 g/mol. The number of benzene rings is 1. The van der Waals surface area contributed by atoms with Crippen LogP contribution >= 0.6 is 11.6 Å². The molecule has 0 saturated heterocycles. The van der Waals surface area contributed by atoms with Crippen molar-refractivity contribution in [2.75, 3.05) is 11.5 Å². The third kappa shape index (κ3) is 3.47. The van der Waals surface area contributed by atoms with Crippen molar-refractivity contribution in [2.45, 2.75) is 31.4 Å². The van der Waals surface area contributed by atoms with Gasteiger partial charge >= 0.3 is 0 Å². The summed E-state index contributed by atoms with van der Waals surface area (Å²) < 4.78 is 16.6. The highest BCUT2D eigenvalue weighted by Crippen LogP contribution is 2.34. The molecule has 0 aliphatic heterocycles. The number of aromatic nitrogens is 4. The summed E-state index contributed by atoms with van der Waals surface area (Å²) in [6, 6.07) is 6.54. The molecule has 1 aromatic carbocycles. The zero-order valence-corrected chi connectivity index (χ0v) is 17.2. The van der Waals surface area contributed by atoms with Gasteiger partial charge in [0.2, 0.25) is 0 Å². The first-order chi connectivity index (χ1) is 14.9. The van der Waals surface area contributed by atoms with Crippen LogP contribution in [-0.4, -0.2) is 30.7 Å². The number of aliphatic hydroxyl groups is 1. The van der Waals surface area contributed by atoms with Gasteiger partial charge in [0.05, 0.1) is 28.1 Å². The minimum atomic E-state index is -0.599. The second-order valence-electron chi connectivity index (χ2n) is 7.77. The number of nitrogen functional groups attached to an aromatic ring is 2. The second kappa shape index (κ2) is 7.47. The molecule has 1 aliphatic carbocycles. The number of pyridine rings is 1. The van der Waals surface area contributed by atoms with E-state index in [0.29, 0.717) is 46.6 Å². The van der Waals surface area contributed by atoms with Crippen LogP contribution in [0.15, 0.2) is 48.4 Å². The van der Waals surface area contributed by atoms with Gasteiger partial charge in [0.25, 0.3) is 0 Å². The molecule has 0 radical (unpaired) electrons. The molecule has 0 amide bonds. The highest BCUT2D eigenvalue weighted by atomic mass is 35.5. The number of hydrogen-bond acceptors (Lipinski definition) is 6. The van der Waals surface area contributed by atoms with Crippen LogP contribution in [0.3, 0.4) is 0 Å². The Labute approximate surface area is 182 Å². The minimum Gasteiger partial charge on any atom is -0.389 e. The average Bonchev–Trinajstić information content (AvgIpc) is 3.32. The smallest absolute Gasteiger partial charge is 0.146 e. The Balaban J connectivity index is 1.39. The summed E-state index contributed by atoms with van der Waals surface area (Å²) in [5, 5.41) is 12.3. The van der Waals surface area contributed by atoms with Gasteiger partial charge in [-0.3, -0.25) is 0 Å². The van der Waals surface area contributed by atoms with Gasteiger partial charge in [-0.15, -0.1) is 0 Å². The fraction of sp³-hybridized carbons (Fsp3) is 0.227. The molecule has 0 bridgehead atoms. The lowest BCUT2D eigenvalue weighted by molar-refractivity contribution is 0.197. The van der Waals surface area contributed by atoms with E-state index in [1.807, 2.05) is 22.9 Å². The summed E-state index contributed by atoms with van der Waals surface area (Å²) in [5.74, 6) is 0.309. The van der Waals surface area contributed by atoms with Crippen molar-refractivity contribution < 1.29 is 9.50 Å². The van der Waals surface area contributed by atoms with Gasteiger partial charge in [-0.25, -0.2) is 19.3 Å². The van der Waals surface area contributed by atoms with Gasteiger partial charge < -0.3 is 21.1 Å². The Morgan fingerprint density at radius 1 is 1.16 bits per heavy atom. The standard InChI is InChI=1S/C22H20ClFN6O/c23-16-6-13-7-17(24)11(8-18(13)29-21(16)26)1-2-12-5-14(9-19(12)31)30-4-3-15-20(25)27-10-28-22(15)30/h3-8,10,14,19,31H,1-2,9H2,(H2,26,29)(H2,25,27,28)/t14-,19+/m1/s1. The van der Waals surface area contributed by atoms with Crippen LogP contribution in [0.5, 0.6) is 0 Å². The number of rotatable bonds is 4. The van der Waals surface area contributed by atoms with Crippen molar-refractivity contribution >= 4 is 45.2 Å². The van der Waals surface area contributed by atoms with Crippen LogP contribution < -0.4 is 11.5 Å². The van der Waals surface area contributed by atoms with E-state index < -0.39 is 6.10 Å². The molecule has 0 unspecified atom stereocenters. The Morgan fingerprint density at radius 2 is 2.00 bits per heavy atom. The number of anilines is 2. The summed E-state index contributed by atoms with van der Waals surface area (Å²) in [4.78, 5) is 12.6. The van der Waals surface area contributed by atoms with Crippen molar-refractivity contribution in [3.63, 3.8) is 0 Å². The first-order valence-corrected chi connectivity index (χ1v) is 10.3. The summed E-state index contributed by atoms with van der Waals surface area (Å²) in [7, 11) is 0. The number of aliphatic hydroxyl groups excluding tert-OH is 1. The Kier molecular flexibility index (Phi) is 4.75. The zero-order chi connectivity index (χ0) is 21.7. The van der Waals surface area contributed by atoms with Gasteiger partial charge in [-0.2, -0.15) is 0 Å². The van der Waals surface area contributed by atoms with Gasteiger partial charge in [-0.1, -0.05) is 17.7 Å². The number of fused-ring (bicyclic) bond motifs is 2. The van der Waals surface area contributed by atoms with Crippen molar-refractivity contribution in [2.24, 2.45) is 0 Å². The molecule has 1 aliphatic rings. The number of nitrogens with two attached hydrogens (primary N) is 2. The van der Waals surface area contributed by atoms with E-state index in [1.54, 1.807) is 12.1 Å². The monoisotopic (exact) mass is 438 g/mol. The van der Waals surface area contributed by atoms with Crippen LogP contribution in [0.2, 0.25) is 5.02 Å². The Hall–Kier alpha value is -3.23. The lowest BCUT2D eigenvalue weighted by Crippen LogP contribution is -2.10.